The second-order valence-corrected chi connectivity index (χ2v) is 6.74. The van der Waals surface area contributed by atoms with E-state index in [1.807, 2.05) is 11.8 Å². The van der Waals surface area contributed by atoms with Crippen LogP contribution in [0.25, 0.3) is 0 Å². The fourth-order valence-electron chi connectivity index (χ4n) is 2.90. The molecule has 1 heterocycles. The van der Waals surface area contributed by atoms with Gasteiger partial charge in [0, 0.05) is 35.8 Å². The van der Waals surface area contributed by atoms with Crippen molar-refractivity contribution in [3.63, 3.8) is 0 Å². The van der Waals surface area contributed by atoms with Crippen LogP contribution in [-0.4, -0.2) is 35.8 Å². The summed E-state index contributed by atoms with van der Waals surface area (Å²) in [4.78, 5) is 3.99. The van der Waals surface area contributed by atoms with Gasteiger partial charge in [-0.05, 0) is 38.8 Å². The lowest BCUT2D eigenvalue weighted by atomic mass is 9.97. The Labute approximate surface area is 121 Å². The number of nitrogens with zero attached hydrogens (tertiary/aromatic N) is 1. The molecule has 0 amide bonds. The average molecular weight is 278 g/mol. The van der Waals surface area contributed by atoms with E-state index in [-0.39, 0.29) is 0 Å². The fraction of sp³-hybridized carbons (Fsp3) is 0.625. The Morgan fingerprint density at radius 1 is 1.26 bits per heavy atom. The summed E-state index contributed by atoms with van der Waals surface area (Å²) in [7, 11) is 0. The van der Waals surface area contributed by atoms with Crippen LogP contribution in [0.1, 0.15) is 31.7 Å². The van der Waals surface area contributed by atoms with Gasteiger partial charge in [0.15, 0.2) is 0 Å². The van der Waals surface area contributed by atoms with Crippen LogP contribution >= 0.6 is 11.8 Å². The van der Waals surface area contributed by atoms with Gasteiger partial charge in [0.2, 0.25) is 0 Å². The molecule has 2 rings (SSSR count). The molecule has 1 saturated heterocycles. The molecule has 0 radical (unpaired) electrons. The Morgan fingerprint density at radius 2 is 2.00 bits per heavy atom. The summed E-state index contributed by atoms with van der Waals surface area (Å²) in [6, 6.07) is 10.1. The minimum Gasteiger partial charge on any atom is -0.329 e. The van der Waals surface area contributed by atoms with E-state index in [0.29, 0.717) is 12.1 Å². The van der Waals surface area contributed by atoms with E-state index in [4.69, 9.17) is 5.73 Å². The molecule has 1 aliphatic rings. The third-order valence-corrected chi connectivity index (χ3v) is 5.10. The molecule has 106 valence electrons. The van der Waals surface area contributed by atoms with Crippen molar-refractivity contribution in [3.05, 3.63) is 29.8 Å². The van der Waals surface area contributed by atoms with Gasteiger partial charge in [-0.1, -0.05) is 24.1 Å². The van der Waals surface area contributed by atoms with E-state index < -0.39 is 0 Å². The van der Waals surface area contributed by atoms with Crippen LogP contribution in [0, 0.1) is 6.92 Å². The molecule has 0 aromatic heterocycles. The van der Waals surface area contributed by atoms with E-state index in [1.165, 1.54) is 29.7 Å². The maximum Gasteiger partial charge on any atom is 0.0221 e. The van der Waals surface area contributed by atoms with E-state index in [0.717, 1.165) is 18.8 Å². The maximum absolute atomic E-state index is 5.91. The largest absolute Gasteiger partial charge is 0.329 e. The highest BCUT2D eigenvalue weighted by Gasteiger charge is 2.26. The molecule has 1 aromatic rings. The minimum absolute atomic E-state index is 0.599. The standard InChI is InChI=1S/C16H26N2S/c1-13-6-8-16(9-7-13)19-11-10-18-14(2)4-3-5-15(18)12-17/h6-9,14-15H,3-5,10-12,17H2,1-2H3. The Bertz CT molecular complexity index is 377. The number of nitrogens with two attached hydrogens (primary N) is 1. The van der Waals surface area contributed by atoms with Gasteiger partial charge in [0.1, 0.15) is 0 Å². The van der Waals surface area contributed by atoms with Crippen LogP contribution in [0.5, 0.6) is 0 Å². The number of hydrogen-bond acceptors (Lipinski definition) is 3. The lowest BCUT2D eigenvalue weighted by molar-refractivity contribution is 0.106. The summed E-state index contributed by atoms with van der Waals surface area (Å²) in [6.45, 7) is 6.44. The molecule has 3 heteroatoms. The van der Waals surface area contributed by atoms with Crippen LogP contribution in [0.4, 0.5) is 0 Å². The summed E-state index contributed by atoms with van der Waals surface area (Å²) in [5, 5.41) is 0. The Balaban J connectivity index is 1.81. The van der Waals surface area contributed by atoms with Crippen molar-refractivity contribution in [2.45, 2.75) is 50.1 Å². The Hall–Kier alpha value is -0.510. The molecular weight excluding hydrogens is 252 g/mol. The molecule has 2 nitrogen and oxygen atoms in total. The first-order valence-corrected chi connectivity index (χ1v) is 8.34. The highest BCUT2D eigenvalue weighted by atomic mass is 32.2. The van der Waals surface area contributed by atoms with Crippen LogP contribution < -0.4 is 5.73 Å². The molecule has 2 N–H and O–H groups in total. The number of rotatable bonds is 5. The van der Waals surface area contributed by atoms with Crippen LogP contribution in [-0.2, 0) is 0 Å². The zero-order chi connectivity index (χ0) is 13.7. The number of hydrogen-bond donors (Lipinski definition) is 1. The zero-order valence-electron chi connectivity index (χ0n) is 12.1. The minimum atomic E-state index is 0.599. The second kappa shape index (κ2) is 7.32. The van der Waals surface area contributed by atoms with Crippen LogP contribution in [0.15, 0.2) is 29.2 Å². The lowest BCUT2D eigenvalue weighted by Gasteiger charge is -2.40. The van der Waals surface area contributed by atoms with Gasteiger partial charge < -0.3 is 5.73 Å². The third-order valence-electron chi connectivity index (χ3n) is 4.11. The van der Waals surface area contributed by atoms with Gasteiger partial charge in [-0.25, -0.2) is 0 Å². The number of benzene rings is 1. The molecule has 0 saturated carbocycles. The van der Waals surface area contributed by atoms with Gasteiger partial charge in [0.25, 0.3) is 0 Å². The predicted octanol–water partition coefficient (Wildman–Crippen LogP) is 3.29. The van der Waals surface area contributed by atoms with Crippen LogP contribution in [0.3, 0.4) is 0 Å². The number of likely N-dealkylation sites (tertiary alicyclic amines) is 1. The quantitative estimate of drug-likeness (QED) is 0.838. The first kappa shape index (κ1) is 14.9. The first-order chi connectivity index (χ1) is 9.20. The average Bonchev–Trinajstić information content (AvgIpc) is 2.42. The topological polar surface area (TPSA) is 29.3 Å². The molecular formula is C16H26N2S. The molecule has 0 bridgehead atoms. The van der Waals surface area contributed by atoms with E-state index in [9.17, 15) is 0 Å². The van der Waals surface area contributed by atoms with Crippen molar-refractivity contribution >= 4 is 11.8 Å². The predicted molar refractivity (Wildman–Crippen MR) is 84.8 cm³/mol. The molecule has 0 spiro atoms. The summed E-state index contributed by atoms with van der Waals surface area (Å²) in [5.41, 5.74) is 7.24. The summed E-state index contributed by atoms with van der Waals surface area (Å²) in [6.07, 6.45) is 3.94. The van der Waals surface area contributed by atoms with Crippen molar-refractivity contribution in [3.8, 4) is 0 Å². The van der Waals surface area contributed by atoms with Crippen molar-refractivity contribution in [1.29, 1.82) is 0 Å². The Kier molecular flexibility index (Phi) is 5.74. The zero-order valence-corrected chi connectivity index (χ0v) is 13.0. The van der Waals surface area contributed by atoms with Gasteiger partial charge in [-0.2, -0.15) is 0 Å². The van der Waals surface area contributed by atoms with Crippen LogP contribution in [0.2, 0.25) is 0 Å². The third kappa shape index (κ3) is 4.23. The second-order valence-electron chi connectivity index (χ2n) is 5.57. The lowest BCUT2D eigenvalue weighted by Crippen LogP contribution is -2.49. The molecule has 2 unspecified atom stereocenters. The molecule has 2 atom stereocenters. The van der Waals surface area contributed by atoms with E-state index in [2.05, 4.69) is 43.0 Å². The van der Waals surface area contributed by atoms with Crippen molar-refractivity contribution in [2.75, 3.05) is 18.8 Å². The highest BCUT2D eigenvalue weighted by Crippen LogP contribution is 2.24. The number of thioether (sulfide) groups is 1. The van der Waals surface area contributed by atoms with E-state index >= 15 is 0 Å². The fourth-order valence-corrected chi connectivity index (χ4v) is 3.77. The SMILES string of the molecule is Cc1ccc(SCCN2C(C)CCCC2CN)cc1. The molecule has 1 aliphatic heterocycles. The summed E-state index contributed by atoms with van der Waals surface area (Å²) < 4.78 is 0. The highest BCUT2D eigenvalue weighted by molar-refractivity contribution is 7.99. The van der Waals surface area contributed by atoms with E-state index in [1.54, 1.807) is 0 Å². The summed E-state index contributed by atoms with van der Waals surface area (Å²) in [5.74, 6) is 1.16. The first-order valence-electron chi connectivity index (χ1n) is 7.36. The van der Waals surface area contributed by atoms with Gasteiger partial charge in [0.05, 0.1) is 0 Å². The van der Waals surface area contributed by atoms with Crippen molar-refractivity contribution in [1.82, 2.24) is 4.90 Å². The normalized spacial score (nSPS) is 24.6. The monoisotopic (exact) mass is 278 g/mol. The number of aryl methyl sites for hydroxylation is 1. The molecule has 0 aliphatic carbocycles. The molecule has 1 fully saturated rings. The van der Waals surface area contributed by atoms with Crippen molar-refractivity contribution in [2.24, 2.45) is 5.73 Å². The van der Waals surface area contributed by atoms with Crippen molar-refractivity contribution < 1.29 is 0 Å². The molecule has 19 heavy (non-hydrogen) atoms. The molecule has 1 aromatic carbocycles. The summed E-state index contributed by atoms with van der Waals surface area (Å²) >= 11 is 1.95. The smallest absolute Gasteiger partial charge is 0.0221 e. The van der Waals surface area contributed by atoms with Gasteiger partial charge in [-0.15, -0.1) is 11.8 Å². The number of piperidine rings is 1. The maximum atomic E-state index is 5.91. The van der Waals surface area contributed by atoms with Gasteiger partial charge >= 0.3 is 0 Å². The van der Waals surface area contributed by atoms with Gasteiger partial charge in [-0.3, -0.25) is 4.90 Å². The Morgan fingerprint density at radius 3 is 2.68 bits per heavy atom.